The number of rotatable bonds is 3. The summed E-state index contributed by atoms with van der Waals surface area (Å²) in [5.74, 6) is 1.11. The van der Waals surface area contributed by atoms with E-state index in [0.29, 0.717) is 12.4 Å². The number of hydrogen-bond acceptors (Lipinski definition) is 6. The van der Waals surface area contributed by atoms with Crippen LogP contribution >= 0.6 is 11.3 Å². The Hall–Kier alpha value is -2.93. The van der Waals surface area contributed by atoms with Crippen LogP contribution in [-0.4, -0.2) is 34.6 Å². The number of aromatic nitrogens is 3. The van der Waals surface area contributed by atoms with Crippen LogP contribution in [0.15, 0.2) is 59.4 Å². The third-order valence-electron chi connectivity index (χ3n) is 5.53. The van der Waals surface area contributed by atoms with Crippen molar-refractivity contribution in [2.45, 2.75) is 24.8 Å². The highest BCUT2D eigenvalue weighted by Crippen LogP contribution is 2.44. The summed E-state index contributed by atoms with van der Waals surface area (Å²) in [7, 11) is 4.04. The monoisotopic (exact) mass is 391 g/mol. The summed E-state index contributed by atoms with van der Waals surface area (Å²) in [4.78, 5) is 21.0. The first-order valence-corrected chi connectivity index (χ1v) is 10.2. The molecule has 7 heteroatoms. The van der Waals surface area contributed by atoms with Crippen LogP contribution in [0.3, 0.4) is 0 Å². The number of benzene rings is 1. The summed E-state index contributed by atoms with van der Waals surface area (Å²) in [5, 5.41) is 9.86. The summed E-state index contributed by atoms with van der Waals surface area (Å²) in [6, 6.07) is 12.3. The second-order valence-corrected chi connectivity index (χ2v) is 8.46. The minimum Gasteiger partial charge on any atom is -0.378 e. The van der Waals surface area contributed by atoms with Crippen LogP contribution in [0.5, 0.6) is 0 Å². The van der Waals surface area contributed by atoms with E-state index in [9.17, 15) is 4.79 Å². The Bertz CT molecular complexity index is 1050. The van der Waals surface area contributed by atoms with Gasteiger partial charge in [0.25, 0.3) is 0 Å². The van der Waals surface area contributed by atoms with E-state index < -0.39 is 0 Å². The van der Waals surface area contributed by atoms with Crippen LogP contribution in [0.1, 0.15) is 35.2 Å². The third-order valence-corrected chi connectivity index (χ3v) is 6.57. The first kappa shape index (κ1) is 17.2. The third kappa shape index (κ3) is 2.74. The van der Waals surface area contributed by atoms with E-state index in [1.54, 1.807) is 17.7 Å². The molecule has 0 radical (unpaired) electrons. The van der Waals surface area contributed by atoms with Crippen LogP contribution in [0.25, 0.3) is 0 Å². The van der Waals surface area contributed by atoms with Gasteiger partial charge in [-0.25, -0.2) is 4.68 Å². The van der Waals surface area contributed by atoms with Crippen molar-refractivity contribution in [3.8, 4) is 0 Å². The molecular weight excluding hydrogens is 370 g/mol. The molecule has 3 aromatic rings. The maximum Gasteiger partial charge on any atom is 0.226 e. The minimum absolute atomic E-state index is 0.190. The van der Waals surface area contributed by atoms with Crippen molar-refractivity contribution < 1.29 is 4.79 Å². The SMILES string of the molecule is CN(C)c1ccc([C@@H]2C3=C(C[C@@H](c4cccs4)CC3=O)Nc3ncnn32)cc1. The number of hydrogen-bond donors (Lipinski definition) is 1. The molecule has 1 aliphatic heterocycles. The van der Waals surface area contributed by atoms with E-state index in [1.807, 2.05) is 18.8 Å². The first-order chi connectivity index (χ1) is 13.6. The molecule has 2 atom stereocenters. The lowest BCUT2D eigenvalue weighted by Crippen LogP contribution is -2.33. The molecule has 2 aliphatic rings. The van der Waals surface area contributed by atoms with Crippen molar-refractivity contribution in [3.05, 3.63) is 69.8 Å². The van der Waals surface area contributed by atoms with E-state index in [1.165, 1.54) is 4.88 Å². The van der Waals surface area contributed by atoms with Crippen LogP contribution in [-0.2, 0) is 4.79 Å². The lowest BCUT2D eigenvalue weighted by Gasteiger charge is -2.35. The topological polar surface area (TPSA) is 63.1 Å². The maximum absolute atomic E-state index is 13.3. The smallest absolute Gasteiger partial charge is 0.226 e. The van der Waals surface area contributed by atoms with Crippen molar-refractivity contribution in [1.29, 1.82) is 0 Å². The van der Waals surface area contributed by atoms with Gasteiger partial charge in [0.1, 0.15) is 12.4 Å². The number of ketones is 1. The van der Waals surface area contributed by atoms with Gasteiger partial charge in [-0.15, -0.1) is 11.3 Å². The molecule has 6 nitrogen and oxygen atoms in total. The second-order valence-electron chi connectivity index (χ2n) is 7.48. The number of nitrogens with zero attached hydrogens (tertiary/aromatic N) is 4. The van der Waals surface area contributed by atoms with Crippen LogP contribution < -0.4 is 10.2 Å². The fourth-order valence-electron chi connectivity index (χ4n) is 4.14. The van der Waals surface area contributed by atoms with Gasteiger partial charge in [-0.1, -0.05) is 18.2 Å². The van der Waals surface area contributed by atoms with Crippen molar-refractivity contribution >= 4 is 28.8 Å². The van der Waals surface area contributed by atoms with E-state index in [2.05, 4.69) is 62.1 Å². The molecular formula is C21H21N5OS. The average Bonchev–Trinajstić information content (AvgIpc) is 3.38. The molecule has 5 rings (SSSR count). The molecule has 0 spiro atoms. The standard InChI is InChI=1S/C21H21N5OS/c1-25(2)15-7-5-13(6-8-15)20-19-16(24-21-22-12-23-26(20)21)10-14(11-17(19)27)18-4-3-9-28-18/h3-9,12,14,20H,10-11H2,1-2H3,(H,22,23,24)/t14-,20-/m1/s1. The number of nitrogens with one attached hydrogen (secondary N) is 1. The molecule has 0 amide bonds. The first-order valence-electron chi connectivity index (χ1n) is 9.35. The predicted molar refractivity (Wildman–Crippen MR) is 111 cm³/mol. The van der Waals surface area contributed by atoms with Gasteiger partial charge in [0.15, 0.2) is 5.78 Å². The Labute approximate surface area is 167 Å². The second kappa shape index (κ2) is 6.60. The fourth-order valence-corrected chi connectivity index (χ4v) is 4.97. The number of allylic oxidation sites excluding steroid dienone is 2. The molecule has 1 aromatic carbocycles. The Kier molecular flexibility index (Phi) is 4.05. The van der Waals surface area contributed by atoms with Gasteiger partial charge in [0.2, 0.25) is 5.95 Å². The zero-order chi connectivity index (χ0) is 19.3. The number of fused-ring (bicyclic) bond motifs is 1. The van der Waals surface area contributed by atoms with Crippen LogP contribution in [0.2, 0.25) is 0 Å². The molecule has 28 heavy (non-hydrogen) atoms. The molecule has 1 aliphatic carbocycles. The quantitative estimate of drug-likeness (QED) is 0.735. The lowest BCUT2D eigenvalue weighted by atomic mass is 9.80. The van der Waals surface area contributed by atoms with Crippen molar-refractivity contribution in [1.82, 2.24) is 14.8 Å². The van der Waals surface area contributed by atoms with Crippen molar-refractivity contribution in [3.63, 3.8) is 0 Å². The Morgan fingerprint density at radius 1 is 1.18 bits per heavy atom. The highest BCUT2D eigenvalue weighted by Gasteiger charge is 2.39. The number of thiophene rings is 1. The zero-order valence-corrected chi connectivity index (χ0v) is 16.6. The number of carbonyl (C=O) groups is 1. The molecule has 0 fully saturated rings. The summed E-state index contributed by atoms with van der Waals surface area (Å²) >= 11 is 1.72. The highest BCUT2D eigenvalue weighted by atomic mass is 32.1. The van der Waals surface area contributed by atoms with Gasteiger partial charge >= 0.3 is 0 Å². The Morgan fingerprint density at radius 3 is 2.71 bits per heavy atom. The number of Topliss-reactive ketones (excluding diaryl/α,β-unsaturated/α-hetero) is 1. The zero-order valence-electron chi connectivity index (χ0n) is 15.8. The Morgan fingerprint density at radius 2 is 2.00 bits per heavy atom. The summed E-state index contributed by atoms with van der Waals surface area (Å²) < 4.78 is 1.83. The molecule has 3 heterocycles. The van der Waals surface area contributed by atoms with Gasteiger partial charge < -0.3 is 10.2 Å². The van der Waals surface area contributed by atoms with Gasteiger partial charge in [-0.3, -0.25) is 4.79 Å². The molecule has 0 bridgehead atoms. The maximum atomic E-state index is 13.3. The largest absolute Gasteiger partial charge is 0.378 e. The number of carbonyl (C=O) groups excluding carboxylic acids is 1. The molecule has 142 valence electrons. The lowest BCUT2D eigenvalue weighted by molar-refractivity contribution is -0.116. The van der Waals surface area contributed by atoms with Crippen LogP contribution in [0.4, 0.5) is 11.6 Å². The van der Waals surface area contributed by atoms with Crippen molar-refractivity contribution in [2.75, 3.05) is 24.3 Å². The molecule has 0 saturated carbocycles. The summed E-state index contributed by atoms with van der Waals surface area (Å²) in [6.45, 7) is 0. The van der Waals surface area contributed by atoms with E-state index >= 15 is 0 Å². The molecule has 0 saturated heterocycles. The van der Waals surface area contributed by atoms with E-state index in [-0.39, 0.29) is 17.7 Å². The highest BCUT2D eigenvalue weighted by molar-refractivity contribution is 7.10. The molecule has 0 unspecified atom stereocenters. The minimum atomic E-state index is -0.234. The molecule has 1 N–H and O–H groups in total. The van der Waals surface area contributed by atoms with Gasteiger partial charge in [-0.2, -0.15) is 10.1 Å². The van der Waals surface area contributed by atoms with Gasteiger partial charge in [-0.05, 0) is 35.6 Å². The van der Waals surface area contributed by atoms with E-state index in [0.717, 1.165) is 28.9 Å². The Balaban J connectivity index is 1.58. The normalized spacial score (nSPS) is 21.1. The fraction of sp³-hybridized carbons (Fsp3) is 0.286. The predicted octanol–water partition coefficient (Wildman–Crippen LogP) is 3.82. The summed E-state index contributed by atoms with van der Waals surface area (Å²) in [5.41, 5.74) is 3.98. The summed E-state index contributed by atoms with van der Waals surface area (Å²) in [6.07, 6.45) is 2.90. The van der Waals surface area contributed by atoms with E-state index in [4.69, 9.17) is 0 Å². The average molecular weight is 392 g/mol. The number of anilines is 2. The van der Waals surface area contributed by atoms with Crippen molar-refractivity contribution in [2.24, 2.45) is 0 Å². The van der Waals surface area contributed by atoms with Gasteiger partial charge in [0.05, 0.1) is 0 Å². The van der Waals surface area contributed by atoms with Crippen LogP contribution in [0, 0.1) is 0 Å². The molecule has 2 aromatic heterocycles. The van der Waals surface area contributed by atoms with Gasteiger partial charge in [0, 0.05) is 48.3 Å².